The zero-order valence-electron chi connectivity index (χ0n) is 30.1. The van der Waals surface area contributed by atoms with Crippen molar-refractivity contribution in [3.05, 3.63) is 141 Å². The zero-order valence-corrected chi connectivity index (χ0v) is 33.2. The number of hydrazone groups is 1. The highest BCUT2D eigenvalue weighted by atomic mass is 35.5. The number of carbonyl (C=O) groups is 3. The first-order chi connectivity index (χ1) is 27.4. The zero-order chi connectivity index (χ0) is 41.2. The van der Waals surface area contributed by atoms with E-state index in [0.29, 0.717) is 57.9 Å². The molecule has 8 N–H and O–H groups in total. The lowest BCUT2D eigenvalue weighted by atomic mass is 10.1. The molecule has 2 aromatic heterocycles. The Bertz CT molecular complexity index is 2270. The Morgan fingerprint density at radius 2 is 1.61 bits per heavy atom. The van der Waals surface area contributed by atoms with Gasteiger partial charge in [0.1, 0.15) is 22.2 Å². The molecule has 0 aliphatic rings. The molecular weight excluding hydrogens is 816 g/mol. The average molecular weight is 854 g/mol. The number of nitrogens with one attached hydrogen (secondary N) is 3. The normalized spacial score (nSPS) is 11.1. The molecule has 2 amide bonds. The van der Waals surface area contributed by atoms with Crippen molar-refractivity contribution >= 4 is 74.7 Å². The number of halogens is 2. The fraction of sp³-hybridized carbons (Fsp3) is 0.158. The van der Waals surface area contributed by atoms with Crippen molar-refractivity contribution in [2.75, 3.05) is 25.1 Å². The molecule has 2 heterocycles. The first kappa shape index (κ1) is 44.2. The first-order valence-electron chi connectivity index (χ1n) is 16.9. The number of nitrogen functional groups attached to an aromatic ring is 1. The Labute approximate surface area is 343 Å². The van der Waals surface area contributed by atoms with Crippen LogP contribution in [0.5, 0.6) is 5.75 Å². The van der Waals surface area contributed by atoms with Gasteiger partial charge in [0.05, 0.1) is 33.6 Å². The summed E-state index contributed by atoms with van der Waals surface area (Å²) in [5, 5.41) is 10.3. The van der Waals surface area contributed by atoms with Crippen LogP contribution in [0.2, 0.25) is 10.0 Å². The number of anilines is 1. The van der Waals surface area contributed by atoms with Gasteiger partial charge in [-0.1, -0.05) is 77.8 Å². The topological polar surface area (TPSA) is 241 Å². The molecule has 0 saturated heterocycles. The summed E-state index contributed by atoms with van der Waals surface area (Å²) in [5.41, 5.74) is 5.12. The number of hydrogen-bond donors (Lipinski definition) is 6. The molecule has 57 heavy (non-hydrogen) atoms. The molecule has 0 fully saturated rings. The largest absolute Gasteiger partial charge is 0.491 e. The third-order valence-electron chi connectivity index (χ3n) is 7.71. The van der Waals surface area contributed by atoms with Crippen LogP contribution in [0.1, 0.15) is 37.7 Å². The second-order valence-electron chi connectivity index (χ2n) is 11.6. The molecule has 15 nitrogen and oxygen atoms in total. The van der Waals surface area contributed by atoms with Crippen LogP contribution in [0, 0.1) is 0 Å². The minimum absolute atomic E-state index is 0.0217. The number of amides is 2. The number of carbonyl (C=O) groups excluding carboxylic acids is 3. The Morgan fingerprint density at radius 1 is 0.912 bits per heavy atom. The van der Waals surface area contributed by atoms with E-state index < -0.39 is 16.0 Å². The van der Waals surface area contributed by atoms with E-state index in [2.05, 4.69) is 26.1 Å². The molecule has 19 heteroatoms. The van der Waals surface area contributed by atoms with Crippen molar-refractivity contribution in [1.29, 1.82) is 0 Å². The van der Waals surface area contributed by atoms with Gasteiger partial charge < -0.3 is 26.6 Å². The number of benzene rings is 3. The minimum Gasteiger partial charge on any atom is -0.491 e. The van der Waals surface area contributed by atoms with Gasteiger partial charge in [0.25, 0.3) is 21.9 Å². The molecule has 0 radical (unpaired) electrons. The molecule has 0 saturated carbocycles. The van der Waals surface area contributed by atoms with Crippen LogP contribution >= 0.6 is 35.0 Å². The number of aromatic nitrogens is 2. The van der Waals surface area contributed by atoms with Crippen LogP contribution in [0.3, 0.4) is 0 Å². The Hall–Kier alpha value is -5.56. The van der Waals surface area contributed by atoms with Gasteiger partial charge >= 0.3 is 0 Å². The van der Waals surface area contributed by atoms with Gasteiger partial charge in [0.15, 0.2) is 6.29 Å². The van der Waals surface area contributed by atoms with Crippen molar-refractivity contribution in [1.82, 2.24) is 20.6 Å². The van der Waals surface area contributed by atoms with E-state index in [0.717, 1.165) is 16.2 Å². The Kier molecular flexibility index (Phi) is 17.2. The van der Waals surface area contributed by atoms with Gasteiger partial charge in [-0.2, -0.15) is 13.5 Å². The summed E-state index contributed by atoms with van der Waals surface area (Å²) in [4.78, 5) is 44.8. The lowest BCUT2D eigenvalue weighted by molar-refractivity contribution is -0.114. The third kappa shape index (κ3) is 13.9. The highest BCUT2D eigenvalue weighted by Crippen LogP contribution is 2.36. The monoisotopic (exact) mass is 852 g/mol. The molecular formula is C38H38Cl2N8O7S2. The standard InChI is InChI=1S/C31H32Cl2N8O3S.C7H6O4S/c32-23-7-4-8-24(33)29(23)45-19-22-10-11-27(44-16-13-20-5-2-1-3-6-20)25(39-22)17-26(40-34)31(43)37-15-14-36-30(42)21-9-12-28(41-35)38-18-21;8-5-6-3-1-2-4-7(6)12(9,10)11/h1-12,18H,13-17,19,34-35H2,(H,36,42)(H,37,43)(H,38,41);1-5H,(H,9,10,11)/b40-26+;. The summed E-state index contributed by atoms with van der Waals surface area (Å²) in [6.45, 7) is 0.718. The van der Waals surface area contributed by atoms with E-state index in [9.17, 15) is 22.8 Å². The van der Waals surface area contributed by atoms with E-state index in [4.69, 9.17) is 49.2 Å². The van der Waals surface area contributed by atoms with Crippen molar-refractivity contribution in [3.8, 4) is 5.75 Å². The second kappa shape index (κ2) is 22.2. The Morgan fingerprint density at radius 3 is 2.25 bits per heavy atom. The predicted molar refractivity (Wildman–Crippen MR) is 220 cm³/mol. The van der Waals surface area contributed by atoms with Crippen molar-refractivity contribution in [2.24, 2.45) is 16.8 Å². The molecule has 0 bridgehead atoms. The SMILES string of the molecule is N/N=C(\Cc1nc(CSc2c(Cl)cccc2Cl)ccc1OCCc1ccccc1)C(=O)NCCNC(=O)c1ccc(NN)nc1.O=Cc1ccccc1S(=O)(=O)O. The maximum absolute atomic E-state index is 13.0. The Balaban J connectivity index is 0.000000512. The van der Waals surface area contributed by atoms with Crippen molar-refractivity contribution < 1.29 is 32.1 Å². The second-order valence-corrected chi connectivity index (χ2v) is 14.8. The van der Waals surface area contributed by atoms with Crippen LogP contribution in [0.4, 0.5) is 5.82 Å². The molecule has 0 unspecified atom stereocenters. The molecule has 0 aliphatic heterocycles. The number of hydrazine groups is 1. The molecule has 0 aliphatic carbocycles. The van der Waals surface area contributed by atoms with Gasteiger partial charge in [0, 0.05) is 48.3 Å². The third-order valence-corrected chi connectivity index (χ3v) is 10.7. The van der Waals surface area contributed by atoms with Gasteiger partial charge in [-0.3, -0.25) is 23.9 Å². The average Bonchev–Trinajstić information content (AvgIpc) is 3.22. The summed E-state index contributed by atoms with van der Waals surface area (Å²) >= 11 is 14.1. The summed E-state index contributed by atoms with van der Waals surface area (Å²) in [5.74, 6) is 11.5. The predicted octanol–water partition coefficient (Wildman–Crippen LogP) is 5.13. The van der Waals surface area contributed by atoms with Crippen LogP contribution in [-0.2, 0) is 33.5 Å². The van der Waals surface area contributed by atoms with E-state index in [1.54, 1.807) is 30.3 Å². The fourth-order valence-corrected chi connectivity index (χ4v) is 7.14. The number of pyridine rings is 2. The number of thioether (sulfide) groups is 1. The van der Waals surface area contributed by atoms with Crippen LogP contribution < -0.4 is 32.5 Å². The molecule has 5 aromatic rings. The summed E-state index contributed by atoms with van der Waals surface area (Å²) in [7, 11) is -4.28. The number of aldehydes is 1. The number of ether oxygens (including phenoxy) is 1. The number of rotatable bonds is 17. The number of nitrogens with two attached hydrogens (primary N) is 2. The van der Waals surface area contributed by atoms with Crippen molar-refractivity contribution in [3.63, 3.8) is 0 Å². The smallest absolute Gasteiger partial charge is 0.295 e. The summed E-state index contributed by atoms with van der Waals surface area (Å²) in [6, 6.07) is 27.6. The number of hydrogen-bond acceptors (Lipinski definition) is 13. The lowest BCUT2D eigenvalue weighted by Gasteiger charge is -2.14. The lowest BCUT2D eigenvalue weighted by Crippen LogP contribution is -2.39. The van der Waals surface area contributed by atoms with Gasteiger partial charge in [-0.05, 0) is 48.0 Å². The van der Waals surface area contributed by atoms with E-state index in [1.807, 2.05) is 42.5 Å². The molecule has 298 valence electrons. The summed E-state index contributed by atoms with van der Waals surface area (Å²) < 4.78 is 35.9. The molecule has 3 aromatic carbocycles. The van der Waals surface area contributed by atoms with Crippen LogP contribution in [0.15, 0.2) is 118 Å². The fourth-order valence-electron chi connectivity index (χ4n) is 4.89. The summed E-state index contributed by atoms with van der Waals surface area (Å²) in [6.07, 6.45) is 2.48. The molecule has 0 atom stereocenters. The first-order valence-corrected chi connectivity index (χ1v) is 20.1. The number of nitrogens with zero attached hydrogens (tertiary/aromatic N) is 3. The van der Waals surface area contributed by atoms with E-state index in [1.165, 1.54) is 42.2 Å². The van der Waals surface area contributed by atoms with Crippen LogP contribution in [-0.4, -0.2) is 66.4 Å². The van der Waals surface area contributed by atoms with Gasteiger partial charge in [0.2, 0.25) is 0 Å². The van der Waals surface area contributed by atoms with Crippen LogP contribution in [0.25, 0.3) is 0 Å². The van der Waals surface area contributed by atoms with E-state index in [-0.39, 0.29) is 41.6 Å². The van der Waals surface area contributed by atoms with Gasteiger partial charge in [-0.25, -0.2) is 10.8 Å². The van der Waals surface area contributed by atoms with E-state index >= 15 is 0 Å². The minimum atomic E-state index is -4.28. The highest BCUT2D eigenvalue weighted by molar-refractivity contribution is 7.98. The molecule has 0 spiro atoms. The maximum atomic E-state index is 13.0. The highest BCUT2D eigenvalue weighted by Gasteiger charge is 2.18. The van der Waals surface area contributed by atoms with Crippen molar-refractivity contribution in [2.45, 2.75) is 28.4 Å². The molecule has 5 rings (SSSR count). The van der Waals surface area contributed by atoms with Gasteiger partial charge in [-0.15, -0.1) is 11.8 Å². The quantitative estimate of drug-likeness (QED) is 0.0135. The maximum Gasteiger partial charge on any atom is 0.295 e.